The maximum atomic E-state index is 11.4. The van der Waals surface area contributed by atoms with Crippen molar-refractivity contribution in [2.24, 2.45) is 0 Å². The molecule has 11 heteroatoms. The van der Waals surface area contributed by atoms with E-state index < -0.39 is 66.6 Å². The summed E-state index contributed by atoms with van der Waals surface area (Å²) in [6.07, 6.45) is -1.28. The van der Waals surface area contributed by atoms with Gasteiger partial charge in [-0.05, 0) is 39.8 Å². The molecule has 8 atom stereocenters. The Hall–Kier alpha value is -1.60. The van der Waals surface area contributed by atoms with E-state index >= 15 is 0 Å². The third-order valence-corrected chi connectivity index (χ3v) is 5.56. The van der Waals surface area contributed by atoms with Crippen molar-refractivity contribution >= 4 is 11.9 Å². The first-order valence-electron chi connectivity index (χ1n) is 11.1. The van der Waals surface area contributed by atoms with Crippen molar-refractivity contribution in [2.75, 3.05) is 13.2 Å². The highest BCUT2D eigenvalue weighted by atomic mass is 16.9. The number of rotatable bonds is 6. The Morgan fingerprint density at radius 3 is 2.15 bits per heavy atom. The molecule has 4 heterocycles. The van der Waals surface area contributed by atoms with E-state index in [1.54, 1.807) is 12.2 Å². The zero-order chi connectivity index (χ0) is 24.0. The van der Waals surface area contributed by atoms with Crippen LogP contribution in [0.3, 0.4) is 0 Å². The van der Waals surface area contributed by atoms with Crippen LogP contribution in [-0.2, 0) is 52.2 Å². The second kappa shape index (κ2) is 9.21. The number of carbonyl (C=O) groups is 2. The molecule has 0 spiro atoms. The molecule has 0 aromatic heterocycles. The predicted molar refractivity (Wildman–Crippen MR) is 108 cm³/mol. The lowest BCUT2D eigenvalue weighted by molar-refractivity contribution is -0.259. The highest BCUT2D eigenvalue weighted by Crippen LogP contribution is 2.44. The van der Waals surface area contributed by atoms with Crippen molar-refractivity contribution in [1.29, 1.82) is 0 Å². The number of esters is 2. The van der Waals surface area contributed by atoms with Gasteiger partial charge in [0, 0.05) is 13.8 Å². The Morgan fingerprint density at radius 2 is 1.45 bits per heavy atom. The number of ether oxygens (including phenoxy) is 9. The fourth-order valence-electron chi connectivity index (χ4n) is 4.37. The summed E-state index contributed by atoms with van der Waals surface area (Å²) in [5.74, 6) is -2.56. The molecular weight excluding hydrogens is 440 g/mol. The highest BCUT2D eigenvalue weighted by Gasteiger charge is 2.60. The van der Waals surface area contributed by atoms with Crippen LogP contribution in [0.15, 0.2) is 12.2 Å². The Balaban J connectivity index is 1.41. The molecule has 0 N–H and O–H groups in total. The van der Waals surface area contributed by atoms with Gasteiger partial charge in [0.25, 0.3) is 0 Å². The molecule has 0 aromatic carbocycles. The van der Waals surface area contributed by atoms with Crippen LogP contribution in [0.4, 0.5) is 0 Å². The summed E-state index contributed by atoms with van der Waals surface area (Å²) in [7, 11) is 0. The molecule has 3 saturated heterocycles. The van der Waals surface area contributed by atoms with Crippen molar-refractivity contribution in [3.8, 4) is 0 Å². The smallest absolute Gasteiger partial charge is 0.303 e. The summed E-state index contributed by atoms with van der Waals surface area (Å²) >= 11 is 0. The van der Waals surface area contributed by atoms with Gasteiger partial charge in [-0.3, -0.25) is 9.59 Å². The van der Waals surface area contributed by atoms with Gasteiger partial charge in [0.05, 0.1) is 6.61 Å². The van der Waals surface area contributed by atoms with Gasteiger partial charge in [0.1, 0.15) is 43.2 Å². The van der Waals surface area contributed by atoms with Crippen LogP contribution in [0, 0.1) is 0 Å². The van der Waals surface area contributed by atoms with E-state index in [-0.39, 0.29) is 19.3 Å². The topological polar surface area (TPSA) is 117 Å². The molecule has 33 heavy (non-hydrogen) atoms. The zero-order valence-corrected chi connectivity index (χ0v) is 19.7. The van der Waals surface area contributed by atoms with Crippen molar-refractivity contribution < 1.29 is 52.2 Å². The summed E-state index contributed by atoms with van der Waals surface area (Å²) in [6.45, 7) is 9.92. The minimum atomic E-state index is -0.810. The van der Waals surface area contributed by atoms with Crippen LogP contribution in [-0.4, -0.2) is 85.9 Å². The molecule has 0 radical (unpaired) electrons. The van der Waals surface area contributed by atoms with Gasteiger partial charge in [0.2, 0.25) is 0 Å². The van der Waals surface area contributed by atoms with Crippen LogP contribution in [0.2, 0.25) is 0 Å². The minimum Gasteiger partial charge on any atom is -0.463 e. The lowest BCUT2D eigenvalue weighted by Gasteiger charge is -2.38. The molecular formula is C22H32O11. The highest BCUT2D eigenvalue weighted by molar-refractivity contribution is 5.66. The van der Waals surface area contributed by atoms with Gasteiger partial charge < -0.3 is 42.6 Å². The maximum absolute atomic E-state index is 11.4. The monoisotopic (exact) mass is 472 g/mol. The van der Waals surface area contributed by atoms with E-state index in [0.29, 0.717) is 0 Å². The van der Waals surface area contributed by atoms with E-state index in [9.17, 15) is 9.59 Å². The van der Waals surface area contributed by atoms with E-state index in [0.717, 1.165) is 0 Å². The molecule has 186 valence electrons. The molecule has 0 amide bonds. The second-order valence-electron chi connectivity index (χ2n) is 9.35. The van der Waals surface area contributed by atoms with E-state index in [2.05, 4.69) is 0 Å². The van der Waals surface area contributed by atoms with Crippen molar-refractivity contribution in [2.45, 2.75) is 102 Å². The average Bonchev–Trinajstić information content (AvgIpc) is 3.19. The average molecular weight is 472 g/mol. The third-order valence-electron chi connectivity index (χ3n) is 5.56. The van der Waals surface area contributed by atoms with Crippen LogP contribution >= 0.6 is 0 Å². The largest absolute Gasteiger partial charge is 0.463 e. The molecule has 11 nitrogen and oxygen atoms in total. The normalized spacial score (nSPS) is 40.7. The first-order valence-corrected chi connectivity index (χ1v) is 11.1. The Kier molecular flexibility index (Phi) is 6.85. The van der Waals surface area contributed by atoms with Gasteiger partial charge in [-0.25, -0.2) is 0 Å². The summed E-state index contributed by atoms with van der Waals surface area (Å²) in [4.78, 5) is 22.6. The van der Waals surface area contributed by atoms with E-state index in [1.807, 2.05) is 27.7 Å². The van der Waals surface area contributed by atoms with Gasteiger partial charge in [-0.15, -0.1) is 0 Å². The standard InChI is InChI=1S/C22H32O11/c1-11(23)25-9-14-13(27-12(2)24)7-8-16(28-14)26-10-15-17-18(31-21(3,4)30-17)19-20(29-15)33-22(5,6)32-19/h7-8,13-20H,9-10H2,1-6H3/t13-,14-,15-,16+,17+,18+,19-,20-/m1/s1. The fourth-order valence-corrected chi connectivity index (χ4v) is 4.37. The molecule has 4 aliphatic heterocycles. The summed E-state index contributed by atoms with van der Waals surface area (Å²) in [5, 5.41) is 0. The number of fused-ring (bicyclic) bond motifs is 3. The molecule has 0 aliphatic carbocycles. The SMILES string of the molecule is CC(=O)OC[C@H]1O[C@H](OC[C@H]2O[C@@H]3OC(C)(C)O[C@@H]3[C@H]3OC(C)(C)O[C@H]32)C=C[C@H]1OC(C)=O. The number of carbonyl (C=O) groups excluding carboxylic acids is 2. The molecule has 0 saturated carbocycles. The number of hydrogen-bond donors (Lipinski definition) is 0. The quantitative estimate of drug-likeness (QED) is 0.410. The van der Waals surface area contributed by atoms with Crippen LogP contribution in [0.1, 0.15) is 41.5 Å². The maximum Gasteiger partial charge on any atom is 0.303 e. The Bertz CT molecular complexity index is 778. The van der Waals surface area contributed by atoms with Crippen molar-refractivity contribution in [3.63, 3.8) is 0 Å². The Morgan fingerprint density at radius 1 is 0.788 bits per heavy atom. The predicted octanol–water partition coefficient (Wildman–Crippen LogP) is 1.18. The molecule has 4 aliphatic rings. The zero-order valence-electron chi connectivity index (χ0n) is 19.7. The molecule has 0 aromatic rings. The second-order valence-corrected chi connectivity index (χ2v) is 9.35. The van der Waals surface area contributed by atoms with Gasteiger partial charge in [-0.1, -0.05) is 0 Å². The fraction of sp³-hybridized carbons (Fsp3) is 0.818. The first kappa shape index (κ1) is 24.5. The molecule has 0 unspecified atom stereocenters. The lowest BCUT2D eigenvalue weighted by Crippen LogP contribution is -2.56. The molecule has 4 rings (SSSR count). The van der Waals surface area contributed by atoms with Gasteiger partial charge >= 0.3 is 11.9 Å². The summed E-state index contributed by atoms with van der Waals surface area (Å²) in [6, 6.07) is 0. The lowest BCUT2D eigenvalue weighted by atomic mass is 9.99. The van der Waals surface area contributed by atoms with Gasteiger partial charge in [-0.2, -0.15) is 0 Å². The molecule has 3 fully saturated rings. The minimum absolute atomic E-state index is 0.0860. The number of hydrogen-bond acceptors (Lipinski definition) is 11. The summed E-state index contributed by atoms with van der Waals surface area (Å²) < 4.78 is 52.3. The first-order chi connectivity index (χ1) is 15.4. The van der Waals surface area contributed by atoms with Crippen molar-refractivity contribution in [1.82, 2.24) is 0 Å². The van der Waals surface area contributed by atoms with E-state index in [4.69, 9.17) is 42.6 Å². The summed E-state index contributed by atoms with van der Waals surface area (Å²) in [5.41, 5.74) is 0. The van der Waals surface area contributed by atoms with Gasteiger partial charge in [0.15, 0.2) is 24.2 Å². The molecule has 0 bridgehead atoms. The van der Waals surface area contributed by atoms with Crippen LogP contribution < -0.4 is 0 Å². The third kappa shape index (κ3) is 5.73. The van der Waals surface area contributed by atoms with Crippen LogP contribution in [0.5, 0.6) is 0 Å². The van der Waals surface area contributed by atoms with E-state index in [1.165, 1.54) is 13.8 Å². The van der Waals surface area contributed by atoms with Crippen LogP contribution in [0.25, 0.3) is 0 Å². The van der Waals surface area contributed by atoms with Crippen molar-refractivity contribution in [3.05, 3.63) is 12.2 Å². The Labute approximate surface area is 192 Å².